The largest absolute Gasteiger partial charge is 0.461 e. The molecule has 0 bridgehead atoms. The van der Waals surface area contributed by atoms with Crippen LogP contribution in [0.4, 0.5) is 38.9 Å². The van der Waals surface area contributed by atoms with E-state index >= 15 is 8.78 Å². The van der Waals surface area contributed by atoms with E-state index in [0.717, 1.165) is 23.8 Å². The van der Waals surface area contributed by atoms with Gasteiger partial charge in [0, 0.05) is 70.0 Å². The normalized spacial score (nSPS) is 19.3. The molecule has 0 radical (unpaired) electrons. The van der Waals surface area contributed by atoms with Crippen molar-refractivity contribution in [1.29, 1.82) is 5.26 Å². The second-order valence-electron chi connectivity index (χ2n) is 20.3. The molecule has 4 aliphatic rings. The molecule has 2 amide bonds. The number of ether oxygens (including phenoxy) is 4. The number of fused-ring (bicyclic) bond motifs is 8. The molecule has 0 spiro atoms. The smallest absolute Gasteiger partial charge is 0.407 e. The highest BCUT2D eigenvalue weighted by Crippen LogP contribution is 2.47. The second-order valence-corrected chi connectivity index (χ2v) is 21.8. The number of nitrogens with zero attached hydrogens (tertiary/aromatic N) is 6. The van der Waals surface area contributed by atoms with Crippen LogP contribution in [0.2, 0.25) is 5.02 Å². The number of hydrogen-bond donors (Lipinski definition) is 5. The maximum Gasteiger partial charge on any atom is 0.407 e. The van der Waals surface area contributed by atoms with Crippen LogP contribution >= 0.6 is 22.9 Å². The fraction of sp³-hybridized carbons (Fsp3) is 0.327. The quantitative estimate of drug-likeness (QED) is 0.0219. The van der Waals surface area contributed by atoms with E-state index in [9.17, 15) is 38.0 Å². The first-order valence-electron chi connectivity index (χ1n) is 25.5. The molecule has 11 rings (SSSR count). The van der Waals surface area contributed by atoms with Crippen LogP contribution in [0.15, 0.2) is 59.4 Å². The summed E-state index contributed by atoms with van der Waals surface area (Å²) in [6.45, 7) is 5.99. The molecule has 7 N–H and O–H groups in total. The number of alkyl carbamates (subject to hydrolysis) is 1. The first-order chi connectivity index (χ1) is 38.7. The summed E-state index contributed by atoms with van der Waals surface area (Å²) in [4.78, 5) is 82.6. The van der Waals surface area contributed by atoms with Gasteiger partial charge in [0.05, 0.1) is 55.5 Å². The zero-order valence-corrected chi connectivity index (χ0v) is 44.8. The molecule has 2 fully saturated rings. The molecule has 3 aromatic carbocycles. The third-order valence-corrected chi connectivity index (χ3v) is 16.5. The van der Waals surface area contributed by atoms with Crippen LogP contribution in [-0.4, -0.2) is 106 Å². The molecular weight excluding hydrogens is 1100 g/mol. The number of hydrogen-bond acceptors (Lipinski definition) is 18. The number of halogens is 5. The monoisotopic (exact) mass is 1150 g/mol. The molecule has 0 unspecified atom stereocenters. The predicted octanol–water partition coefficient (Wildman–Crippen LogP) is 7.42. The number of rotatable bonds is 15. The summed E-state index contributed by atoms with van der Waals surface area (Å²) in [6, 6.07) is 10.7. The van der Waals surface area contributed by atoms with Crippen molar-refractivity contribution in [2.24, 2.45) is 0 Å². The Hall–Kier alpha value is -8.60. The van der Waals surface area contributed by atoms with Crippen LogP contribution < -0.4 is 37.7 Å². The summed E-state index contributed by atoms with van der Waals surface area (Å²) in [6.07, 6.45) is -0.667. The minimum atomic E-state index is -2.11. The second kappa shape index (κ2) is 20.8. The molecule has 2 saturated heterocycles. The van der Waals surface area contributed by atoms with Gasteiger partial charge in [0.25, 0.3) is 5.56 Å². The molecule has 26 heteroatoms. The fourth-order valence-corrected chi connectivity index (χ4v) is 12.5. The van der Waals surface area contributed by atoms with Crippen molar-refractivity contribution >= 4 is 95.3 Å². The Morgan fingerprint density at radius 1 is 1.09 bits per heavy atom. The van der Waals surface area contributed by atoms with Gasteiger partial charge >= 0.3 is 24.0 Å². The standard InChI is InChI=1S/C55H48ClF4N11O9S/c1-4-55(33-13-39-44-27(10-26-11-37(62)36(59)14-38(26)67-44)19-71(39)50(74)32(33)22-77-51(55)75)80-40(72)18-65-53(76)78-21-24(2)49(73)64-17-25(3)66-48-30-12-34(56)42(29-6-7-35(58)46-41(29)31(16-61)47(63)81-46)43(60)45(30)68-52(69-48)79-23-54-8-5-9-70(54)20-28(57)15-54/h6-7,10-14,25,28H,2,4-5,8-9,15,17-23,62-63H2,1,3H3,(H,64,73)(H,65,76)(H,66,68,69)/t25-,28+,54-,55-/m0/s1. The lowest BCUT2D eigenvalue weighted by Crippen LogP contribution is -2.48. The average Bonchev–Trinajstić information content (AvgIpc) is 3.38. The predicted molar refractivity (Wildman–Crippen MR) is 290 cm³/mol. The van der Waals surface area contributed by atoms with E-state index in [0.29, 0.717) is 35.3 Å². The number of cyclic esters (lactones) is 1. The lowest BCUT2D eigenvalue weighted by atomic mass is 9.85. The number of aromatic nitrogens is 4. The third-order valence-electron chi connectivity index (χ3n) is 15.2. The first-order valence-corrected chi connectivity index (χ1v) is 26.7. The fourth-order valence-electron chi connectivity index (χ4n) is 11.2. The molecule has 81 heavy (non-hydrogen) atoms. The number of benzene rings is 3. The Labute approximate surface area is 465 Å². The van der Waals surface area contributed by atoms with Gasteiger partial charge in [0.1, 0.15) is 66.6 Å². The summed E-state index contributed by atoms with van der Waals surface area (Å²) >= 11 is 7.67. The minimum Gasteiger partial charge on any atom is -0.461 e. The number of esters is 2. The highest BCUT2D eigenvalue weighted by molar-refractivity contribution is 7.23. The van der Waals surface area contributed by atoms with Gasteiger partial charge in [-0.25, -0.2) is 32.1 Å². The SMILES string of the molecule is C=C(COC(=O)NCC(=O)O[C@]1(CC)C(=O)OCc2c1cc1n(c2=O)Cc2cc3cc(N)c(F)cc3nc2-1)C(=O)NC[C@H](C)Nc1nc(OC[C@@]23CCCN2C[C@H](F)C3)nc2c(F)c(-c3ccc(F)c4sc(N)c(C#N)c34)c(Cl)cc12. The van der Waals surface area contributed by atoms with Gasteiger partial charge in [-0.05, 0) is 68.6 Å². The van der Waals surface area contributed by atoms with E-state index in [4.69, 9.17) is 42.0 Å². The van der Waals surface area contributed by atoms with Crippen LogP contribution in [0, 0.1) is 28.8 Å². The van der Waals surface area contributed by atoms with E-state index in [1.165, 1.54) is 34.9 Å². The van der Waals surface area contributed by atoms with Gasteiger partial charge in [0.15, 0.2) is 5.82 Å². The Kier molecular flexibility index (Phi) is 14.0. The number of carbonyl (C=O) groups excluding carboxylic acids is 4. The number of anilines is 3. The number of nitriles is 1. The van der Waals surface area contributed by atoms with Crippen LogP contribution in [-0.2, 0) is 47.3 Å². The molecule has 4 atom stereocenters. The van der Waals surface area contributed by atoms with Crippen LogP contribution in [0.25, 0.3) is 54.4 Å². The van der Waals surface area contributed by atoms with Gasteiger partial charge in [-0.1, -0.05) is 31.2 Å². The van der Waals surface area contributed by atoms with Gasteiger partial charge < -0.3 is 50.9 Å². The number of nitrogens with one attached hydrogen (secondary N) is 3. The van der Waals surface area contributed by atoms with E-state index in [-0.39, 0.29) is 127 Å². The summed E-state index contributed by atoms with van der Waals surface area (Å²) in [5, 5.41) is 18.6. The van der Waals surface area contributed by atoms with Crippen molar-refractivity contribution in [2.45, 2.75) is 76.0 Å². The highest BCUT2D eigenvalue weighted by Gasteiger charge is 2.51. The molecule has 8 heterocycles. The lowest BCUT2D eigenvalue weighted by Gasteiger charge is -2.35. The number of pyridine rings is 2. The van der Waals surface area contributed by atoms with Gasteiger partial charge in [-0.3, -0.25) is 19.3 Å². The van der Waals surface area contributed by atoms with E-state index in [1.54, 1.807) is 19.9 Å². The molecule has 418 valence electrons. The molecule has 20 nitrogen and oxygen atoms in total. The average molecular weight is 1150 g/mol. The topological polar surface area (TPSA) is 281 Å². The van der Waals surface area contributed by atoms with Gasteiger partial charge in [0.2, 0.25) is 11.5 Å². The van der Waals surface area contributed by atoms with Gasteiger partial charge in [-0.2, -0.15) is 15.2 Å². The number of amides is 2. The molecule has 7 aromatic rings. The maximum absolute atomic E-state index is 17.2. The van der Waals surface area contributed by atoms with E-state index < -0.39 is 90.1 Å². The van der Waals surface area contributed by atoms with Crippen molar-refractivity contribution in [3.63, 3.8) is 0 Å². The van der Waals surface area contributed by atoms with Crippen molar-refractivity contribution in [2.75, 3.05) is 56.2 Å². The Morgan fingerprint density at radius 3 is 2.67 bits per heavy atom. The first kappa shape index (κ1) is 54.4. The number of alkyl halides is 1. The Bertz CT molecular complexity index is 4010. The lowest BCUT2D eigenvalue weighted by molar-refractivity contribution is -0.188. The Balaban J connectivity index is 0.744. The van der Waals surface area contributed by atoms with Crippen molar-refractivity contribution in [3.05, 3.63) is 110 Å². The summed E-state index contributed by atoms with van der Waals surface area (Å²) in [5.41, 5.74) is 9.61. The number of nitrogens with two attached hydrogens (primary N) is 2. The van der Waals surface area contributed by atoms with Crippen molar-refractivity contribution in [1.82, 2.24) is 35.1 Å². The van der Waals surface area contributed by atoms with Gasteiger partial charge in [-0.15, -0.1) is 11.3 Å². The number of thiophene rings is 1. The Morgan fingerprint density at radius 2 is 1.89 bits per heavy atom. The zero-order valence-electron chi connectivity index (χ0n) is 43.2. The summed E-state index contributed by atoms with van der Waals surface area (Å²) < 4.78 is 85.3. The summed E-state index contributed by atoms with van der Waals surface area (Å²) in [5.74, 6) is -5.06. The summed E-state index contributed by atoms with van der Waals surface area (Å²) in [7, 11) is 0. The molecule has 4 aliphatic heterocycles. The zero-order chi connectivity index (χ0) is 57.4. The van der Waals surface area contributed by atoms with Crippen LogP contribution in [0.1, 0.15) is 61.8 Å². The number of carbonyl (C=O) groups is 4. The van der Waals surface area contributed by atoms with Crippen LogP contribution in [0.3, 0.4) is 0 Å². The van der Waals surface area contributed by atoms with Crippen LogP contribution in [0.5, 0.6) is 6.01 Å². The molecular formula is C55H48ClF4N11O9S. The van der Waals surface area contributed by atoms with Crippen molar-refractivity contribution < 1.29 is 55.7 Å². The number of nitrogen functional groups attached to an aromatic ring is 2. The van der Waals surface area contributed by atoms with E-state index in [1.807, 2.05) is 11.0 Å². The van der Waals surface area contributed by atoms with Crippen molar-refractivity contribution in [3.8, 4) is 34.6 Å². The molecule has 4 aromatic heterocycles. The third kappa shape index (κ3) is 9.49. The molecule has 0 aliphatic carbocycles. The minimum absolute atomic E-state index is 0.00274. The maximum atomic E-state index is 17.2. The highest BCUT2D eigenvalue weighted by atomic mass is 35.5. The van der Waals surface area contributed by atoms with E-state index in [2.05, 4.69) is 37.5 Å². The molecule has 0 saturated carbocycles.